The molecule has 21 heavy (non-hydrogen) atoms. The minimum absolute atomic E-state index is 0.728. The Labute approximate surface area is 127 Å². The highest BCUT2D eigenvalue weighted by Crippen LogP contribution is 2.39. The number of benzene rings is 1. The molecule has 2 aliphatic carbocycles. The molecule has 2 nitrogen and oxygen atoms in total. The summed E-state index contributed by atoms with van der Waals surface area (Å²) >= 11 is 0. The smallest absolute Gasteiger partial charge is 0.119 e. The van der Waals surface area contributed by atoms with Gasteiger partial charge in [0.2, 0.25) is 0 Å². The first-order valence-electron chi connectivity index (χ1n) is 7.71. The lowest BCUT2D eigenvalue weighted by Crippen LogP contribution is -2.19. The molecule has 0 heterocycles. The first-order valence-corrected chi connectivity index (χ1v) is 7.71. The molecule has 0 saturated heterocycles. The Morgan fingerprint density at radius 1 is 1.24 bits per heavy atom. The average molecular weight is 281 g/mol. The highest BCUT2D eigenvalue weighted by atomic mass is 16.5. The van der Waals surface area contributed by atoms with E-state index in [9.17, 15) is 0 Å². The quantitative estimate of drug-likeness (QED) is 0.807. The maximum atomic E-state index is 5.85. The van der Waals surface area contributed by atoms with Crippen LogP contribution in [0.4, 0.5) is 0 Å². The number of likely N-dealkylation sites (N-methyl/N-ethyl adjacent to an activating group) is 1. The number of hydrogen-bond donors (Lipinski definition) is 0. The molecule has 110 valence electrons. The first-order chi connectivity index (χ1) is 10.2. The van der Waals surface area contributed by atoms with Crippen LogP contribution >= 0.6 is 0 Å². The van der Waals surface area contributed by atoms with E-state index in [-0.39, 0.29) is 0 Å². The fraction of sp³-hybridized carbons (Fsp3) is 0.368. The normalized spacial score (nSPS) is 17.2. The topological polar surface area (TPSA) is 12.5 Å². The zero-order chi connectivity index (χ0) is 14.7. The molecule has 2 aliphatic rings. The van der Waals surface area contributed by atoms with Crippen molar-refractivity contribution >= 4 is 5.57 Å². The highest BCUT2D eigenvalue weighted by molar-refractivity contribution is 5.84. The number of rotatable bonds is 5. The van der Waals surface area contributed by atoms with Crippen LogP contribution in [0.3, 0.4) is 0 Å². The van der Waals surface area contributed by atoms with E-state index >= 15 is 0 Å². The van der Waals surface area contributed by atoms with Gasteiger partial charge in [-0.25, -0.2) is 0 Å². The summed E-state index contributed by atoms with van der Waals surface area (Å²) in [6.07, 6.45) is 10.3. The molecular formula is C19H23NO. The van der Waals surface area contributed by atoms with E-state index in [0.717, 1.165) is 31.7 Å². The highest BCUT2D eigenvalue weighted by Gasteiger charge is 2.19. The van der Waals surface area contributed by atoms with Gasteiger partial charge in [-0.2, -0.15) is 0 Å². The molecule has 0 amide bonds. The standard InChI is InChI=1S/C19H23NO/c1-20(2)12-13-21-17-8-5-7-16(14-17)19-11-10-15-6-3-4-9-18(15)19/h3,5-8,11,14H,4,9-10,12-13H2,1-2H3. The lowest BCUT2D eigenvalue weighted by Gasteiger charge is -2.15. The van der Waals surface area contributed by atoms with Crippen LogP contribution in [0, 0.1) is 0 Å². The predicted molar refractivity (Wildman–Crippen MR) is 88.5 cm³/mol. The SMILES string of the molecule is CN(C)CCOc1cccc(C2=CCC3=C2CCC=C3)c1. The zero-order valence-electron chi connectivity index (χ0n) is 12.9. The van der Waals surface area contributed by atoms with Gasteiger partial charge in [-0.05, 0) is 67.8 Å². The maximum Gasteiger partial charge on any atom is 0.119 e. The Morgan fingerprint density at radius 2 is 2.14 bits per heavy atom. The zero-order valence-corrected chi connectivity index (χ0v) is 12.9. The number of allylic oxidation sites excluding steroid dienone is 6. The molecule has 0 saturated carbocycles. The van der Waals surface area contributed by atoms with Crippen molar-refractivity contribution in [1.82, 2.24) is 4.90 Å². The van der Waals surface area contributed by atoms with Crippen molar-refractivity contribution < 1.29 is 4.74 Å². The van der Waals surface area contributed by atoms with Gasteiger partial charge < -0.3 is 9.64 Å². The Kier molecular flexibility index (Phi) is 4.26. The molecule has 1 aromatic carbocycles. The van der Waals surface area contributed by atoms with E-state index in [2.05, 4.69) is 55.4 Å². The van der Waals surface area contributed by atoms with Crippen LogP contribution in [0.2, 0.25) is 0 Å². The minimum atomic E-state index is 0.728. The molecule has 1 aromatic rings. The van der Waals surface area contributed by atoms with Gasteiger partial charge in [-0.3, -0.25) is 0 Å². The summed E-state index contributed by atoms with van der Waals surface area (Å²) in [7, 11) is 4.13. The van der Waals surface area contributed by atoms with Gasteiger partial charge in [-0.1, -0.05) is 30.4 Å². The van der Waals surface area contributed by atoms with Crippen LogP contribution in [0.25, 0.3) is 5.57 Å². The molecule has 0 aromatic heterocycles. The van der Waals surface area contributed by atoms with Crippen LogP contribution < -0.4 is 4.74 Å². The van der Waals surface area contributed by atoms with Gasteiger partial charge in [0.05, 0.1) is 0 Å². The lowest BCUT2D eigenvalue weighted by atomic mass is 9.92. The fourth-order valence-corrected chi connectivity index (χ4v) is 2.94. The summed E-state index contributed by atoms with van der Waals surface area (Å²) < 4.78 is 5.85. The maximum absolute atomic E-state index is 5.85. The molecule has 0 atom stereocenters. The molecule has 0 unspecified atom stereocenters. The molecule has 2 heteroatoms. The molecule has 0 aliphatic heterocycles. The van der Waals surface area contributed by atoms with Crippen LogP contribution in [-0.4, -0.2) is 32.1 Å². The van der Waals surface area contributed by atoms with E-state index in [0.29, 0.717) is 0 Å². The molecule has 0 N–H and O–H groups in total. The molecule has 3 rings (SSSR count). The Morgan fingerprint density at radius 3 is 3.00 bits per heavy atom. The average Bonchev–Trinajstić information content (AvgIpc) is 2.91. The third kappa shape index (κ3) is 3.27. The van der Waals surface area contributed by atoms with Crippen LogP contribution in [0.1, 0.15) is 24.8 Å². The van der Waals surface area contributed by atoms with Gasteiger partial charge in [0.15, 0.2) is 0 Å². The van der Waals surface area contributed by atoms with Crippen molar-refractivity contribution in [2.24, 2.45) is 0 Å². The second kappa shape index (κ2) is 6.31. The largest absolute Gasteiger partial charge is 0.492 e. The van der Waals surface area contributed by atoms with Crippen molar-refractivity contribution in [3.8, 4) is 5.75 Å². The number of nitrogens with zero attached hydrogens (tertiary/aromatic N) is 1. The summed E-state index contributed by atoms with van der Waals surface area (Å²) in [6, 6.07) is 8.51. The third-order valence-electron chi connectivity index (χ3n) is 4.07. The van der Waals surface area contributed by atoms with Crippen molar-refractivity contribution in [3.63, 3.8) is 0 Å². The van der Waals surface area contributed by atoms with Crippen LogP contribution in [-0.2, 0) is 0 Å². The minimum Gasteiger partial charge on any atom is -0.492 e. The van der Waals surface area contributed by atoms with Gasteiger partial charge in [0, 0.05) is 6.54 Å². The summed E-state index contributed by atoms with van der Waals surface area (Å²) in [5.74, 6) is 0.968. The van der Waals surface area contributed by atoms with E-state index in [1.807, 2.05) is 6.07 Å². The monoisotopic (exact) mass is 281 g/mol. The van der Waals surface area contributed by atoms with Crippen molar-refractivity contribution in [3.05, 3.63) is 59.2 Å². The molecule has 0 fully saturated rings. The lowest BCUT2D eigenvalue weighted by molar-refractivity contribution is 0.261. The fourth-order valence-electron chi connectivity index (χ4n) is 2.94. The Hall–Kier alpha value is -1.80. The van der Waals surface area contributed by atoms with E-state index in [1.165, 1.54) is 28.7 Å². The Balaban J connectivity index is 1.74. The van der Waals surface area contributed by atoms with Gasteiger partial charge in [0.1, 0.15) is 12.4 Å². The van der Waals surface area contributed by atoms with E-state index in [4.69, 9.17) is 4.74 Å². The van der Waals surface area contributed by atoms with Crippen LogP contribution in [0.15, 0.2) is 53.6 Å². The molecule has 0 bridgehead atoms. The van der Waals surface area contributed by atoms with Gasteiger partial charge in [-0.15, -0.1) is 0 Å². The number of ether oxygens (including phenoxy) is 1. The molecular weight excluding hydrogens is 258 g/mol. The van der Waals surface area contributed by atoms with E-state index < -0.39 is 0 Å². The van der Waals surface area contributed by atoms with Crippen LogP contribution in [0.5, 0.6) is 5.75 Å². The number of hydrogen-bond acceptors (Lipinski definition) is 2. The van der Waals surface area contributed by atoms with Crippen molar-refractivity contribution in [1.29, 1.82) is 0 Å². The Bertz CT molecular complexity index is 608. The predicted octanol–water partition coefficient (Wildman–Crippen LogP) is 4.06. The molecule has 0 spiro atoms. The summed E-state index contributed by atoms with van der Waals surface area (Å²) in [4.78, 5) is 2.13. The second-order valence-electron chi connectivity index (χ2n) is 5.95. The summed E-state index contributed by atoms with van der Waals surface area (Å²) in [5, 5.41) is 0. The van der Waals surface area contributed by atoms with E-state index in [1.54, 1.807) is 0 Å². The van der Waals surface area contributed by atoms with Gasteiger partial charge >= 0.3 is 0 Å². The summed E-state index contributed by atoms with van der Waals surface area (Å²) in [6.45, 7) is 1.67. The van der Waals surface area contributed by atoms with Gasteiger partial charge in [0.25, 0.3) is 0 Å². The third-order valence-corrected chi connectivity index (χ3v) is 4.07. The van der Waals surface area contributed by atoms with Crippen molar-refractivity contribution in [2.75, 3.05) is 27.2 Å². The second-order valence-corrected chi connectivity index (χ2v) is 5.95. The van der Waals surface area contributed by atoms with Crippen molar-refractivity contribution in [2.45, 2.75) is 19.3 Å². The summed E-state index contributed by atoms with van der Waals surface area (Å²) in [5.41, 5.74) is 5.73. The first kappa shape index (κ1) is 14.2. The molecule has 0 radical (unpaired) electrons.